The number of rotatable bonds is 1. The fourth-order valence-corrected chi connectivity index (χ4v) is 2.81. The van der Waals surface area contributed by atoms with E-state index >= 15 is 0 Å². The van der Waals surface area contributed by atoms with Crippen LogP contribution in [0.25, 0.3) is 11.1 Å². The summed E-state index contributed by atoms with van der Waals surface area (Å²) in [5.41, 5.74) is -3.04. The van der Waals surface area contributed by atoms with Gasteiger partial charge in [0.1, 0.15) is 0 Å². The molecule has 2 aromatic rings. The van der Waals surface area contributed by atoms with Crippen molar-refractivity contribution in [3.63, 3.8) is 0 Å². The molecule has 22 heavy (non-hydrogen) atoms. The van der Waals surface area contributed by atoms with Gasteiger partial charge in [0.25, 0.3) is 0 Å². The highest BCUT2D eigenvalue weighted by atomic mass is 19.4. The van der Waals surface area contributed by atoms with Crippen LogP contribution in [0, 0.1) is 0 Å². The van der Waals surface area contributed by atoms with E-state index in [9.17, 15) is 23.1 Å². The molecule has 1 unspecified atom stereocenters. The minimum Gasteiger partial charge on any atom is -0.465 e. The third kappa shape index (κ3) is 1.77. The van der Waals surface area contributed by atoms with Gasteiger partial charge in [-0.2, -0.15) is 13.2 Å². The van der Waals surface area contributed by atoms with Gasteiger partial charge in [0.15, 0.2) is 0 Å². The first kappa shape index (κ1) is 14.6. The summed E-state index contributed by atoms with van der Waals surface area (Å²) in [4.78, 5) is 11.6. The first-order valence-corrected chi connectivity index (χ1v) is 6.42. The minimum absolute atomic E-state index is 0.127. The molecule has 0 aliphatic heterocycles. The Morgan fingerprint density at radius 3 is 2.36 bits per heavy atom. The SMILES string of the molecule is COC(=O)c1ccc2c(c1)-c1ccccc1C2(O)C(F)(F)F. The summed E-state index contributed by atoms with van der Waals surface area (Å²) in [7, 11) is 1.19. The van der Waals surface area contributed by atoms with Crippen molar-refractivity contribution in [3.8, 4) is 11.1 Å². The van der Waals surface area contributed by atoms with Gasteiger partial charge in [0, 0.05) is 11.1 Å². The van der Waals surface area contributed by atoms with Crippen LogP contribution in [-0.4, -0.2) is 24.4 Å². The van der Waals surface area contributed by atoms with E-state index in [1.165, 1.54) is 37.4 Å². The second-order valence-corrected chi connectivity index (χ2v) is 5.01. The summed E-state index contributed by atoms with van der Waals surface area (Å²) < 4.78 is 45.0. The third-order valence-electron chi connectivity index (χ3n) is 3.85. The topological polar surface area (TPSA) is 46.5 Å². The van der Waals surface area contributed by atoms with Gasteiger partial charge in [-0.15, -0.1) is 0 Å². The van der Waals surface area contributed by atoms with Gasteiger partial charge in [-0.25, -0.2) is 4.79 Å². The molecule has 1 aliphatic carbocycles. The summed E-state index contributed by atoms with van der Waals surface area (Å²) in [5, 5.41) is 10.4. The molecule has 2 aromatic carbocycles. The monoisotopic (exact) mass is 308 g/mol. The van der Waals surface area contributed by atoms with E-state index in [0.29, 0.717) is 0 Å². The van der Waals surface area contributed by atoms with Crippen molar-refractivity contribution >= 4 is 5.97 Å². The average Bonchev–Trinajstić information content (AvgIpc) is 2.77. The highest BCUT2D eigenvalue weighted by Crippen LogP contribution is 2.54. The van der Waals surface area contributed by atoms with E-state index in [2.05, 4.69) is 4.74 Å². The number of benzene rings is 2. The number of hydrogen-bond donors (Lipinski definition) is 1. The summed E-state index contributed by atoms with van der Waals surface area (Å²) in [6.45, 7) is 0. The largest absolute Gasteiger partial charge is 0.465 e. The van der Waals surface area contributed by atoms with Crippen LogP contribution < -0.4 is 0 Å². The standard InChI is InChI=1S/C16H11F3O3/c1-22-14(20)9-6-7-13-11(8-9)10-4-2-3-5-12(10)15(13,21)16(17,18)19/h2-8,21H,1H3. The Bertz CT molecular complexity index is 767. The Balaban J connectivity index is 2.32. The Labute approximate surface area is 124 Å². The predicted octanol–water partition coefficient (Wildman–Crippen LogP) is 3.25. The minimum atomic E-state index is -4.87. The molecule has 0 heterocycles. The van der Waals surface area contributed by atoms with Gasteiger partial charge in [-0.05, 0) is 23.3 Å². The van der Waals surface area contributed by atoms with Crippen LogP contribution in [0.2, 0.25) is 0 Å². The smallest absolute Gasteiger partial charge is 0.425 e. The maximum atomic E-state index is 13.5. The van der Waals surface area contributed by atoms with E-state index in [-0.39, 0.29) is 27.8 Å². The summed E-state index contributed by atoms with van der Waals surface area (Å²) in [6, 6.07) is 9.38. The molecule has 0 amide bonds. The van der Waals surface area contributed by atoms with Crippen LogP contribution in [-0.2, 0) is 10.3 Å². The number of ether oxygens (including phenoxy) is 1. The fourth-order valence-electron chi connectivity index (χ4n) is 2.81. The zero-order valence-corrected chi connectivity index (χ0v) is 11.4. The van der Waals surface area contributed by atoms with E-state index in [0.717, 1.165) is 6.07 Å². The second kappa shape index (κ2) is 4.58. The van der Waals surface area contributed by atoms with Crippen molar-refractivity contribution in [1.82, 2.24) is 0 Å². The van der Waals surface area contributed by atoms with Crippen LogP contribution in [0.3, 0.4) is 0 Å². The lowest BCUT2D eigenvalue weighted by Gasteiger charge is -2.28. The Morgan fingerprint density at radius 1 is 1.09 bits per heavy atom. The highest BCUT2D eigenvalue weighted by Gasteiger charge is 2.60. The maximum Gasteiger partial charge on any atom is 0.425 e. The molecular formula is C16H11F3O3. The fraction of sp³-hybridized carbons (Fsp3) is 0.188. The van der Waals surface area contributed by atoms with Crippen molar-refractivity contribution in [3.05, 3.63) is 59.2 Å². The van der Waals surface area contributed by atoms with Crippen LogP contribution in [0.15, 0.2) is 42.5 Å². The number of aliphatic hydroxyl groups is 1. The quantitative estimate of drug-likeness (QED) is 0.823. The van der Waals surface area contributed by atoms with Crippen molar-refractivity contribution in [2.24, 2.45) is 0 Å². The van der Waals surface area contributed by atoms with Crippen LogP contribution >= 0.6 is 0 Å². The van der Waals surface area contributed by atoms with Gasteiger partial charge in [0.05, 0.1) is 12.7 Å². The normalized spacial score (nSPS) is 19.5. The molecule has 0 fully saturated rings. The van der Waals surface area contributed by atoms with Gasteiger partial charge in [-0.1, -0.05) is 30.3 Å². The van der Waals surface area contributed by atoms with Gasteiger partial charge in [0.2, 0.25) is 5.60 Å². The number of carbonyl (C=O) groups is 1. The molecule has 1 aliphatic rings. The molecule has 0 saturated heterocycles. The number of hydrogen-bond acceptors (Lipinski definition) is 3. The molecule has 0 bridgehead atoms. The average molecular weight is 308 g/mol. The summed E-state index contributed by atoms with van der Waals surface area (Å²) in [6.07, 6.45) is -4.87. The molecule has 1 atom stereocenters. The molecule has 0 saturated carbocycles. The lowest BCUT2D eigenvalue weighted by molar-refractivity contribution is -0.246. The van der Waals surface area contributed by atoms with Gasteiger partial charge < -0.3 is 9.84 Å². The van der Waals surface area contributed by atoms with Gasteiger partial charge >= 0.3 is 12.1 Å². The van der Waals surface area contributed by atoms with E-state index in [1.54, 1.807) is 6.07 Å². The van der Waals surface area contributed by atoms with E-state index in [4.69, 9.17) is 0 Å². The molecule has 1 N–H and O–H groups in total. The number of alkyl halides is 3. The zero-order valence-electron chi connectivity index (χ0n) is 11.4. The molecule has 6 heteroatoms. The molecule has 114 valence electrons. The third-order valence-corrected chi connectivity index (χ3v) is 3.85. The number of esters is 1. The van der Waals surface area contributed by atoms with Crippen LogP contribution in [0.4, 0.5) is 13.2 Å². The predicted molar refractivity (Wildman–Crippen MR) is 72.3 cm³/mol. The summed E-state index contributed by atoms with van der Waals surface area (Å²) in [5.74, 6) is -0.650. The van der Waals surface area contributed by atoms with Crippen molar-refractivity contribution in [2.45, 2.75) is 11.8 Å². The zero-order chi connectivity index (χ0) is 16.1. The Morgan fingerprint density at radius 2 is 1.73 bits per heavy atom. The molecular weight excluding hydrogens is 297 g/mol. The number of fused-ring (bicyclic) bond motifs is 3. The highest BCUT2D eigenvalue weighted by molar-refractivity contribution is 5.93. The van der Waals surface area contributed by atoms with E-state index in [1.807, 2.05) is 0 Å². The van der Waals surface area contributed by atoms with Crippen LogP contribution in [0.1, 0.15) is 21.5 Å². The number of halogens is 3. The lowest BCUT2D eigenvalue weighted by atomic mass is 9.90. The lowest BCUT2D eigenvalue weighted by Crippen LogP contribution is -2.41. The van der Waals surface area contributed by atoms with Crippen molar-refractivity contribution in [1.29, 1.82) is 0 Å². The molecule has 0 aromatic heterocycles. The Kier molecular flexibility index (Phi) is 3.04. The maximum absolute atomic E-state index is 13.5. The van der Waals surface area contributed by atoms with Crippen LogP contribution in [0.5, 0.6) is 0 Å². The second-order valence-electron chi connectivity index (χ2n) is 5.01. The number of methoxy groups -OCH3 is 1. The molecule has 3 nitrogen and oxygen atoms in total. The Hall–Kier alpha value is -2.34. The van der Waals surface area contributed by atoms with E-state index < -0.39 is 17.7 Å². The molecule has 0 spiro atoms. The molecule has 3 rings (SSSR count). The van der Waals surface area contributed by atoms with Crippen molar-refractivity contribution < 1.29 is 27.8 Å². The molecule has 0 radical (unpaired) electrons. The first-order chi connectivity index (χ1) is 10.3. The summed E-state index contributed by atoms with van der Waals surface area (Å²) >= 11 is 0. The first-order valence-electron chi connectivity index (χ1n) is 6.42. The van der Waals surface area contributed by atoms with Crippen molar-refractivity contribution in [2.75, 3.05) is 7.11 Å². The number of carbonyl (C=O) groups excluding carboxylic acids is 1. The van der Waals surface area contributed by atoms with Gasteiger partial charge in [-0.3, -0.25) is 0 Å².